The Labute approximate surface area is 112 Å². The van der Waals surface area contributed by atoms with Crippen LogP contribution in [0.5, 0.6) is 0 Å². The van der Waals surface area contributed by atoms with E-state index in [0.717, 1.165) is 36.3 Å². The fourth-order valence-corrected chi connectivity index (χ4v) is 2.63. The van der Waals surface area contributed by atoms with Crippen molar-refractivity contribution in [1.29, 1.82) is 0 Å². The zero-order valence-corrected chi connectivity index (χ0v) is 11.6. The van der Waals surface area contributed by atoms with Gasteiger partial charge in [0.05, 0.1) is 17.2 Å². The highest BCUT2D eigenvalue weighted by molar-refractivity contribution is 5.86. The van der Waals surface area contributed by atoms with Crippen molar-refractivity contribution in [2.75, 3.05) is 11.9 Å². The molecule has 6 nitrogen and oxygen atoms in total. The summed E-state index contributed by atoms with van der Waals surface area (Å²) in [5, 5.41) is 8.70. The van der Waals surface area contributed by atoms with E-state index in [4.69, 9.17) is 4.74 Å². The number of aromatic nitrogens is 4. The molecule has 1 fully saturated rings. The summed E-state index contributed by atoms with van der Waals surface area (Å²) in [6, 6.07) is 0.377. The van der Waals surface area contributed by atoms with Gasteiger partial charge in [-0.2, -0.15) is 5.10 Å². The lowest BCUT2D eigenvalue weighted by Crippen LogP contribution is -2.40. The molecule has 0 spiro atoms. The Balaban J connectivity index is 1.85. The molecule has 19 heavy (non-hydrogen) atoms. The normalized spacial score (nSPS) is 22.6. The molecule has 1 aliphatic heterocycles. The van der Waals surface area contributed by atoms with Crippen LogP contribution >= 0.6 is 0 Å². The van der Waals surface area contributed by atoms with Crippen molar-refractivity contribution in [1.82, 2.24) is 19.7 Å². The van der Waals surface area contributed by atoms with E-state index in [-0.39, 0.29) is 5.60 Å². The molecular formula is C13H19N5O. The number of aryl methyl sites for hydroxylation is 1. The van der Waals surface area contributed by atoms with Crippen LogP contribution in [-0.4, -0.2) is 38.0 Å². The van der Waals surface area contributed by atoms with E-state index in [1.54, 1.807) is 11.0 Å². The zero-order chi connectivity index (χ0) is 13.5. The van der Waals surface area contributed by atoms with Crippen LogP contribution in [-0.2, 0) is 11.8 Å². The molecule has 0 saturated carbocycles. The second kappa shape index (κ2) is 4.45. The molecule has 1 N–H and O–H groups in total. The van der Waals surface area contributed by atoms with Crippen molar-refractivity contribution in [3.8, 4) is 0 Å². The van der Waals surface area contributed by atoms with Gasteiger partial charge in [0.25, 0.3) is 0 Å². The molecule has 1 unspecified atom stereocenters. The second-order valence-electron chi connectivity index (χ2n) is 5.67. The van der Waals surface area contributed by atoms with E-state index in [1.165, 1.54) is 0 Å². The third-order valence-electron chi connectivity index (χ3n) is 3.57. The number of hydrogen-bond acceptors (Lipinski definition) is 5. The summed E-state index contributed by atoms with van der Waals surface area (Å²) in [5.41, 5.74) is 0.778. The molecule has 3 rings (SSSR count). The lowest BCUT2D eigenvalue weighted by atomic mass is 9.94. The molecule has 6 heteroatoms. The summed E-state index contributed by atoms with van der Waals surface area (Å²) in [4.78, 5) is 8.59. The van der Waals surface area contributed by atoms with Gasteiger partial charge < -0.3 is 10.1 Å². The maximum Gasteiger partial charge on any atom is 0.163 e. The van der Waals surface area contributed by atoms with Gasteiger partial charge in [-0.15, -0.1) is 0 Å². The monoisotopic (exact) mass is 261 g/mol. The number of nitrogens with one attached hydrogen (secondary N) is 1. The molecule has 0 aliphatic carbocycles. The number of rotatable bonds is 2. The second-order valence-corrected chi connectivity index (χ2v) is 5.67. The van der Waals surface area contributed by atoms with E-state index in [9.17, 15) is 0 Å². The lowest BCUT2D eigenvalue weighted by molar-refractivity contribution is -0.0553. The number of anilines is 1. The Bertz CT molecular complexity index is 592. The van der Waals surface area contributed by atoms with Crippen molar-refractivity contribution >= 4 is 16.9 Å². The van der Waals surface area contributed by atoms with Gasteiger partial charge in [-0.05, 0) is 26.7 Å². The van der Waals surface area contributed by atoms with E-state index in [1.807, 2.05) is 13.2 Å². The molecule has 2 aromatic heterocycles. The molecular weight excluding hydrogens is 242 g/mol. The van der Waals surface area contributed by atoms with Crippen LogP contribution in [0.25, 0.3) is 11.0 Å². The number of fused-ring (bicyclic) bond motifs is 1. The highest BCUT2D eigenvalue weighted by atomic mass is 16.5. The molecule has 1 atom stereocenters. The maximum atomic E-state index is 5.74. The Morgan fingerprint density at radius 2 is 2.26 bits per heavy atom. The molecule has 1 saturated heterocycles. The Morgan fingerprint density at radius 1 is 1.42 bits per heavy atom. The molecule has 2 aromatic rings. The predicted octanol–water partition coefficient (Wildman–Crippen LogP) is 1.73. The van der Waals surface area contributed by atoms with Crippen LogP contribution in [0.4, 0.5) is 5.82 Å². The summed E-state index contributed by atoms with van der Waals surface area (Å²) in [5.74, 6) is 0.862. The smallest absolute Gasteiger partial charge is 0.163 e. The predicted molar refractivity (Wildman–Crippen MR) is 73.0 cm³/mol. The summed E-state index contributed by atoms with van der Waals surface area (Å²) in [6.07, 6.45) is 5.35. The largest absolute Gasteiger partial charge is 0.375 e. The summed E-state index contributed by atoms with van der Waals surface area (Å²) < 4.78 is 7.50. The number of ether oxygens (including phenoxy) is 1. The van der Waals surface area contributed by atoms with Crippen molar-refractivity contribution < 1.29 is 4.74 Å². The molecule has 0 amide bonds. The first-order valence-corrected chi connectivity index (χ1v) is 6.58. The fourth-order valence-electron chi connectivity index (χ4n) is 2.63. The van der Waals surface area contributed by atoms with Gasteiger partial charge in [0.1, 0.15) is 12.1 Å². The van der Waals surface area contributed by atoms with Crippen LogP contribution < -0.4 is 5.32 Å². The number of hydrogen-bond donors (Lipinski definition) is 1. The minimum Gasteiger partial charge on any atom is -0.375 e. The zero-order valence-electron chi connectivity index (χ0n) is 11.6. The van der Waals surface area contributed by atoms with Crippen LogP contribution in [0.15, 0.2) is 12.5 Å². The molecule has 0 bridgehead atoms. The first-order valence-electron chi connectivity index (χ1n) is 6.58. The average Bonchev–Trinajstić information content (AvgIpc) is 2.71. The molecule has 102 valence electrons. The lowest BCUT2D eigenvalue weighted by Gasteiger charge is -2.36. The van der Waals surface area contributed by atoms with E-state index < -0.39 is 0 Å². The number of nitrogens with zero attached hydrogens (tertiary/aromatic N) is 4. The van der Waals surface area contributed by atoms with Gasteiger partial charge >= 0.3 is 0 Å². The van der Waals surface area contributed by atoms with Crippen LogP contribution in [0.1, 0.15) is 26.7 Å². The van der Waals surface area contributed by atoms with Crippen LogP contribution in [0, 0.1) is 0 Å². The first-order chi connectivity index (χ1) is 9.05. The van der Waals surface area contributed by atoms with E-state index in [2.05, 4.69) is 34.2 Å². The SMILES string of the molecule is Cn1ncc2c(NC3CCOC(C)(C)C3)ncnc21. The van der Waals surface area contributed by atoms with Crippen LogP contribution in [0.2, 0.25) is 0 Å². The highest BCUT2D eigenvalue weighted by Crippen LogP contribution is 2.27. The third-order valence-corrected chi connectivity index (χ3v) is 3.57. The van der Waals surface area contributed by atoms with Crippen molar-refractivity contribution in [2.24, 2.45) is 7.05 Å². The first kappa shape index (κ1) is 12.3. The minimum atomic E-state index is -0.0724. The van der Waals surface area contributed by atoms with E-state index in [0.29, 0.717) is 6.04 Å². The summed E-state index contributed by atoms with van der Waals surface area (Å²) >= 11 is 0. The minimum absolute atomic E-state index is 0.0724. The van der Waals surface area contributed by atoms with Crippen LogP contribution in [0.3, 0.4) is 0 Å². The van der Waals surface area contributed by atoms with Crippen molar-refractivity contribution in [2.45, 2.75) is 38.3 Å². The molecule has 0 aromatic carbocycles. The standard InChI is InChI=1S/C13H19N5O/c1-13(2)6-9(4-5-19-13)17-11-10-7-16-18(3)12(10)15-8-14-11/h7-9H,4-6H2,1-3H3,(H,14,15,17). The summed E-state index contributed by atoms with van der Waals surface area (Å²) in [7, 11) is 1.89. The van der Waals surface area contributed by atoms with Crippen molar-refractivity contribution in [3.63, 3.8) is 0 Å². The van der Waals surface area contributed by atoms with Gasteiger partial charge in [0.2, 0.25) is 0 Å². The fraction of sp³-hybridized carbons (Fsp3) is 0.615. The Morgan fingerprint density at radius 3 is 3.05 bits per heavy atom. The third kappa shape index (κ3) is 2.40. The Hall–Kier alpha value is -1.69. The molecule has 1 aliphatic rings. The average molecular weight is 261 g/mol. The molecule has 3 heterocycles. The van der Waals surface area contributed by atoms with Gasteiger partial charge in [-0.3, -0.25) is 4.68 Å². The highest BCUT2D eigenvalue weighted by Gasteiger charge is 2.29. The van der Waals surface area contributed by atoms with Gasteiger partial charge in [-0.25, -0.2) is 9.97 Å². The van der Waals surface area contributed by atoms with E-state index >= 15 is 0 Å². The molecule has 0 radical (unpaired) electrons. The van der Waals surface area contributed by atoms with Crippen molar-refractivity contribution in [3.05, 3.63) is 12.5 Å². The summed E-state index contributed by atoms with van der Waals surface area (Å²) in [6.45, 7) is 5.03. The Kier molecular flexibility index (Phi) is 2.89. The quantitative estimate of drug-likeness (QED) is 0.892. The van der Waals surface area contributed by atoms with Gasteiger partial charge in [0, 0.05) is 19.7 Å². The van der Waals surface area contributed by atoms with Gasteiger partial charge in [-0.1, -0.05) is 0 Å². The van der Waals surface area contributed by atoms with Gasteiger partial charge in [0.15, 0.2) is 5.65 Å². The maximum absolute atomic E-state index is 5.74. The topological polar surface area (TPSA) is 64.9 Å².